The van der Waals surface area contributed by atoms with Crippen molar-refractivity contribution in [2.45, 2.75) is 196 Å². The van der Waals surface area contributed by atoms with Crippen molar-refractivity contribution in [3.05, 3.63) is 0 Å². The quantitative estimate of drug-likeness (QED) is 0.0773. The smallest absolute Gasteiger partial charge is 0.303 e. The van der Waals surface area contributed by atoms with Gasteiger partial charge in [0, 0.05) is 19.3 Å². The topological polar surface area (TPSA) is 112 Å². The highest BCUT2D eigenvalue weighted by Gasteiger charge is 2.53. The lowest BCUT2D eigenvalue weighted by molar-refractivity contribution is -0.140. The Hall–Kier alpha value is -1.59. The molecule has 6 heteroatoms. The maximum atomic E-state index is 12.0. The van der Waals surface area contributed by atoms with Crippen LogP contribution in [0.1, 0.15) is 196 Å². The molecule has 1 aliphatic rings. The first-order valence-corrected chi connectivity index (χ1v) is 18.8. The van der Waals surface area contributed by atoms with Crippen molar-refractivity contribution in [1.82, 2.24) is 0 Å². The second kappa shape index (κ2) is 21.3. The summed E-state index contributed by atoms with van der Waals surface area (Å²) in [4.78, 5) is 36.1. The molecule has 1 rings (SSSR count). The Morgan fingerprint density at radius 3 is 0.867 bits per heavy atom. The summed E-state index contributed by atoms with van der Waals surface area (Å²) in [5.74, 6) is -0.309. The lowest BCUT2D eigenvalue weighted by atomic mass is 9.47. The van der Waals surface area contributed by atoms with E-state index in [1.165, 1.54) is 38.5 Å². The molecular formula is C39H72O6. The third-order valence-electron chi connectivity index (χ3n) is 10.8. The average Bonchev–Trinajstić information content (AvgIpc) is 2.93. The molecule has 0 aliphatic heterocycles. The van der Waals surface area contributed by atoms with Gasteiger partial charge in [-0.05, 0) is 91.8 Å². The molecule has 0 atom stereocenters. The molecule has 0 unspecified atom stereocenters. The van der Waals surface area contributed by atoms with Gasteiger partial charge in [0.2, 0.25) is 0 Å². The summed E-state index contributed by atoms with van der Waals surface area (Å²) in [6.07, 6.45) is 21.4. The molecule has 6 nitrogen and oxygen atoms in total. The molecule has 0 bridgehead atoms. The molecule has 0 aromatic rings. The van der Waals surface area contributed by atoms with E-state index in [0.717, 1.165) is 77.0 Å². The molecule has 1 fully saturated rings. The van der Waals surface area contributed by atoms with E-state index in [-0.39, 0.29) is 35.5 Å². The monoisotopic (exact) mass is 637 g/mol. The summed E-state index contributed by atoms with van der Waals surface area (Å²) in [6, 6.07) is 0. The van der Waals surface area contributed by atoms with Gasteiger partial charge in [-0.3, -0.25) is 14.4 Å². The molecular weight excluding hydrogens is 564 g/mol. The minimum absolute atomic E-state index is 0.124. The fraction of sp³-hybridized carbons (Fsp3) is 0.923. The van der Waals surface area contributed by atoms with E-state index in [4.69, 9.17) is 0 Å². The number of rotatable bonds is 27. The highest BCUT2D eigenvalue weighted by Crippen LogP contribution is 2.64. The molecule has 0 amide bonds. The summed E-state index contributed by atoms with van der Waals surface area (Å²) < 4.78 is 0. The minimum Gasteiger partial charge on any atom is -0.481 e. The van der Waals surface area contributed by atoms with E-state index in [2.05, 4.69) is 41.5 Å². The molecule has 0 aromatic heterocycles. The zero-order chi connectivity index (χ0) is 33.9. The van der Waals surface area contributed by atoms with Gasteiger partial charge in [-0.1, -0.05) is 119 Å². The Balaban J connectivity index is 3.53. The van der Waals surface area contributed by atoms with Crippen molar-refractivity contribution >= 4 is 17.9 Å². The summed E-state index contributed by atoms with van der Waals surface area (Å²) >= 11 is 0. The number of carbonyl (C=O) groups is 3. The van der Waals surface area contributed by atoms with Crippen LogP contribution in [0.5, 0.6) is 0 Å². The van der Waals surface area contributed by atoms with E-state index >= 15 is 0 Å². The maximum Gasteiger partial charge on any atom is 0.303 e. The average molecular weight is 637 g/mol. The number of unbranched alkanes of at least 4 members (excludes halogenated alkanes) is 6. The highest BCUT2D eigenvalue weighted by atomic mass is 16.4. The lowest BCUT2D eigenvalue weighted by Gasteiger charge is -2.58. The van der Waals surface area contributed by atoms with Crippen molar-refractivity contribution in [1.29, 1.82) is 0 Å². The second-order valence-corrected chi connectivity index (χ2v) is 16.7. The van der Waals surface area contributed by atoms with Crippen molar-refractivity contribution in [3.8, 4) is 0 Å². The normalized spacial score (nSPS) is 23.7. The van der Waals surface area contributed by atoms with Gasteiger partial charge in [0.05, 0.1) is 0 Å². The van der Waals surface area contributed by atoms with E-state index < -0.39 is 17.9 Å². The zero-order valence-corrected chi connectivity index (χ0v) is 30.3. The van der Waals surface area contributed by atoms with Gasteiger partial charge in [-0.15, -0.1) is 0 Å². The van der Waals surface area contributed by atoms with Gasteiger partial charge in [-0.25, -0.2) is 0 Å². The van der Waals surface area contributed by atoms with Gasteiger partial charge >= 0.3 is 17.9 Å². The van der Waals surface area contributed by atoms with Crippen LogP contribution in [0.15, 0.2) is 0 Å². The predicted octanol–water partition coefficient (Wildman–Crippen LogP) is 11.5. The van der Waals surface area contributed by atoms with Gasteiger partial charge in [0.15, 0.2) is 0 Å². The molecule has 0 saturated heterocycles. The standard InChI is InChI=1S/C39H72O6/c1-31(2)16-10-7-13-22-37(25-19-34(40)41)28-38(26-20-35(42)43,23-14-8-11-17-32(3)4)30-39(29-37,27-21-36(44)45)24-15-9-12-18-33(5)6/h31-33H,7-30H2,1-6H3,(H,40,41)(H,42,43)(H,44,45). The van der Waals surface area contributed by atoms with Crippen molar-refractivity contribution in [3.63, 3.8) is 0 Å². The molecule has 1 saturated carbocycles. The SMILES string of the molecule is CC(C)CCCCCC1(CCC(=O)O)CC(CCCCCC(C)C)(CCC(=O)O)CC(CCCCCC(C)C)(CCC(=O)O)C1. The second-order valence-electron chi connectivity index (χ2n) is 16.7. The van der Waals surface area contributed by atoms with E-state index in [0.29, 0.717) is 37.0 Å². The Bertz CT molecular complexity index is 729. The first kappa shape index (κ1) is 41.4. The van der Waals surface area contributed by atoms with E-state index in [1.54, 1.807) is 0 Å². The first-order valence-electron chi connectivity index (χ1n) is 18.8. The van der Waals surface area contributed by atoms with E-state index in [1.807, 2.05) is 0 Å². The molecule has 0 radical (unpaired) electrons. The first-order chi connectivity index (χ1) is 21.1. The fourth-order valence-electron chi connectivity index (χ4n) is 8.81. The summed E-state index contributed by atoms with van der Waals surface area (Å²) in [6.45, 7) is 13.5. The van der Waals surface area contributed by atoms with Crippen molar-refractivity contribution < 1.29 is 29.7 Å². The molecule has 0 aromatic carbocycles. The molecule has 0 heterocycles. The number of carboxylic acids is 3. The Kier molecular flexibility index (Phi) is 19.6. The molecule has 45 heavy (non-hydrogen) atoms. The van der Waals surface area contributed by atoms with Crippen LogP contribution in [0.25, 0.3) is 0 Å². The molecule has 264 valence electrons. The van der Waals surface area contributed by atoms with Gasteiger partial charge < -0.3 is 15.3 Å². The molecule has 3 N–H and O–H groups in total. The zero-order valence-electron chi connectivity index (χ0n) is 30.3. The van der Waals surface area contributed by atoms with E-state index in [9.17, 15) is 29.7 Å². The van der Waals surface area contributed by atoms with Gasteiger partial charge in [-0.2, -0.15) is 0 Å². The molecule has 0 spiro atoms. The predicted molar refractivity (Wildman–Crippen MR) is 186 cm³/mol. The van der Waals surface area contributed by atoms with Crippen LogP contribution in [0.4, 0.5) is 0 Å². The van der Waals surface area contributed by atoms with Crippen molar-refractivity contribution in [2.75, 3.05) is 0 Å². The third-order valence-corrected chi connectivity index (χ3v) is 10.8. The lowest BCUT2D eigenvalue weighted by Crippen LogP contribution is -2.47. The Morgan fingerprint density at radius 2 is 0.667 bits per heavy atom. The van der Waals surface area contributed by atoms with Crippen LogP contribution >= 0.6 is 0 Å². The third kappa shape index (κ3) is 18.4. The highest BCUT2D eigenvalue weighted by molar-refractivity contribution is 5.67. The largest absolute Gasteiger partial charge is 0.481 e. The Labute approximate surface area is 276 Å². The summed E-state index contributed by atoms with van der Waals surface area (Å²) in [5, 5.41) is 29.6. The minimum atomic E-state index is -0.769. The van der Waals surface area contributed by atoms with Crippen LogP contribution < -0.4 is 0 Å². The van der Waals surface area contributed by atoms with Crippen LogP contribution in [-0.4, -0.2) is 33.2 Å². The summed E-state index contributed by atoms with van der Waals surface area (Å²) in [7, 11) is 0. The van der Waals surface area contributed by atoms with Crippen LogP contribution in [-0.2, 0) is 14.4 Å². The summed E-state index contributed by atoms with van der Waals surface area (Å²) in [5.41, 5.74) is -0.579. The van der Waals surface area contributed by atoms with Crippen molar-refractivity contribution in [2.24, 2.45) is 34.0 Å². The number of hydrogen-bond acceptors (Lipinski definition) is 3. The van der Waals surface area contributed by atoms with Crippen LogP contribution in [0.3, 0.4) is 0 Å². The fourth-order valence-corrected chi connectivity index (χ4v) is 8.81. The van der Waals surface area contributed by atoms with Gasteiger partial charge in [0.25, 0.3) is 0 Å². The molecule has 1 aliphatic carbocycles. The van der Waals surface area contributed by atoms with Gasteiger partial charge in [0.1, 0.15) is 0 Å². The number of aliphatic carboxylic acids is 3. The maximum absolute atomic E-state index is 12.0. The van der Waals surface area contributed by atoms with Crippen LogP contribution in [0, 0.1) is 34.0 Å². The van der Waals surface area contributed by atoms with Crippen LogP contribution in [0.2, 0.25) is 0 Å². The number of carboxylic acid groups (broad SMARTS) is 3. The number of hydrogen-bond donors (Lipinski definition) is 3. The Morgan fingerprint density at radius 1 is 0.422 bits per heavy atom.